The van der Waals surface area contributed by atoms with Gasteiger partial charge >= 0.3 is 0 Å². The lowest BCUT2D eigenvalue weighted by atomic mass is 9.87. The van der Waals surface area contributed by atoms with E-state index in [1.807, 2.05) is 49.0 Å². The van der Waals surface area contributed by atoms with Gasteiger partial charge in [0.2, 0.25) is 5.91 Å². The number of hydrogen-bond acceptors (Lipinski definition) is 2. The molecule has 0 radical (unpaired) electrons. The number of benzene rings is 1. The van der Waals surface area contributed by atoms with Crippen LogP contribution in [0.2, 0.25) is 5.02 Å². The van der Waals surface area contributed by atoms with Crippen LogP contribution in [0.25, 0.3) is 0 Å². The summed E-state index contributed by atoms with van der Waals surface area (Å²) in [6.45, 7) is 4.09. The Morgan fingerprint density at radius 1 is 1.45 bits per heavy atom. The monoisotopic (exact) mass is 289 g/mol. The second-order valence-corrected chi connectivity index (χ2v) is 5.78. The van der Waals surface area contributed by atoms with Crippen LogP contribution in [-0.2, 0) is 4.79 Å². The summed E-state index contributed by atoms with van der Waals surface area (Å²) in [7, 11) is 0. The maximum absolute atomic E-state index is 12.0. The van der Waals surface area contributed by atoms with Crippen molar-refractivity contribution in [3.8, 4) is 0 Å². The van der Waals surface area contributed by atoms with Crippen LogP contribution in [0.4, 0.5) is 5.82 Å². The Balaban J connectivity index is 2.09. The number of nitrogens with zero attached hydrogens (tertiary/aromatic N) is 2. The molecule has 0 bridgehead atoms. The summed E-state index contributed by atoms with van der Waals surface area (Å²) in [4.78, 5) is 12.0. The van der Waals surface area contributed by atoms with Crippen molar-refractivity contribution >= 4 is 23.3 Å². The number of nitrogens with one attached hydrogen (secondary N) is 1. The van der Waals surface area contributed by atoms with E-state index in [1.54, 1.807) is 0 Å². The first kappa shape index (κ1) is 13.2. The first-order chi connectivity index (χ1) is 9.56. The molecule has 2 heterocycles. The summed E-state index contributed by atoms with van der Waals surface area (Å²) in [6.07, 6.45) is 2.28. The van der Waals surface area contributed by atoms with Crippen molar-refractivity contribution in [2.75, 3.05) is 5.32 Å². The van der Waals surface area contributed by atoms with Crippen molar-refractivity contribution in [1.82, 2.24) is 9.78 Å². The predicted molar refractivity (Wildman–Crippen MR) is 79.2 cm³/mol. The van der Waals surface area contributed by atoms with Crippen molar-refractivity contribution in [1.29, 1.82) is 0 Å². The van der Waals surface area contributed by atoms with Gasteiger partial charge in [0.1, 0.15) is 5.82 Å². The van der Waals surface area contributed by atoms with Gasteiger partial charge in [0.25, 0.3) is 0 Å². The molecule has 5 heteroatoms. The van der Waals surface area contributed by atoms with E-state index in [1.165, 1.54) is 0 Å². The third-order valence-corrected chi connectivity index (χ3v) is 3.82. The molecular weight excluding hydrogens is 274 g/mol. The molecule has 0 unspecified atom stereocenters. The van der Waals surface area contributed by atoms with E-state index >= 15 is 0 Å². The highest BCUT2D eigenvalue weighted by Crippen LogP contribution is 2.38. The number of halogens is 1. The van der Waals surface area contributed by atoms with Gasteiger partial charge in [0.05, 0.1) is 6.20 Å². The lowest BCUT2D eigenvalue weighted by Crippen LogP contribution is -2.25. The zero-order chi connectivity index (χ0) is 14.3. The highest BCUT2D eigenvalue weighted by molar-refractivity contribution is 6.30. The predicted octanol–water partition coefficient (Wildman–Crippen LogP) is 3.59. The molecule has 1 atom stereocenters. The molecule has 1 aromatic carbocycles. The van der Waals surface area contributed by atoms with Crippen LogP contribution < -0.4 is 5.32 Å². The Morgan fingerprint density at radius 3 is 2.95 bits per heavy atom. The lowest BCUT2D eigenvalue weighted by Gasteiger charge is -2.24. The molecular formula is C15H16ClN3O. The lowest BCUT2D eigenvalue weighted by molar-refractivity contribution is -0.116. The molecule has 1 aromatic heterocycles. The average molecular weight is 290 g/mol. The van der Waals surface area contributed by atoms with E-state index < -0.39 is 0 Å². The molecule has 0 saturated heterocycles. The Bertz CT molecular complexity index is 663. The second kappa shape index (κ2) is 4.94. The van der Waals surface area contributed by atoms with Gasteiger partial charge in [-0.25, -0.2) is 4.68 Å². The molecule has 20 heavy (non-hydrogen) atoms. The summed E-state index contributed by atoms with van der Waals surface area (Å²) in [5, 5.41) is 8.02. The van der Waals surface area contributed by atoms with Crippen LogP contribution in [0.5, 0.6) is 0 Å². The Morgan fingerprint density at radius 2 is 2.25 bits per heavy atom. The quantitative estimate of drug-likeness (QED) is 0.918. The number of carbonyl (C=O) groups excluding carboxylic acids is 1. The molecule has 2 aromatic rings. The molecule has 0 spiro atoms. The number of hydrogen-bond donors (Lipinski definition) is 1. The second-order valence-electron chi connectivity index (χ2n) is 5.35. The summed E-state index contributed by atoms with van der Waals surface area (Å²) in [5.74, 6) is 0.844. The number of amides is 1. The molecule has 1 aliphatic rings. The van der Waals surface area contributed by atoms with Gasteiger partial charge in [-0.05, 0) is 31.5 Å². The third-order valence-electron chi connectivity index (χ3n) is 3.59. The van der Waals surface area contributed by atoms with Crippen molar-refractivity contribution in [3.63, 3.8) is 0 Å². The van der Waals surface area contributed by atoms with Gasteiger partial charge in [-0.2, -0.15) is 5.10 Å². The number of anilines is 1. The molecule has 104 valence electrons. The standard InChI is InChI=1S/C15H16ClN3O/c1-9(2)19-15-13(8-17-19)12(7-14(20)18-15)10-4-3-5-11(16)6-10/h3-6,8-9,12H,7H2,1-2H3,(H,18,20)/t12-/m0/s1. The molecule has 0 saturated carbocycles. The fourth-order valence-corrected chi connectivity index (χ4v) is 2.85. The van der Waals surface area contributed by atoms with Crippen molar-refractivity contribution in [2.45, 2.75) is 32.2 Å². The minimum atomic E-state index is 0.0184. The first-order valence-corrected chi connectivity index (χ1v) is 7.06. The van der Waals surface area contributed by atoms with Crippen LogP contribution in [0.3, 0.4) is 0 Å². The fourth-order valence-electron chi connectivity index (χ4n) is 2.65. The summed E-state index contributed by atoms with van der Waals surface area (Å²) in [5.41, 5.74) is 2.11. The normalized spacial score (nSPS) is 18.0. The molecule has 0 fully saturated rings. The summed E-state index contributed by atoms with van der Waals surface area (Å²) < 4.78 is 1.85. The van der Waals surface area contributed by atoms with E-state index in [4.69, 9.17) is 11.6 Å². The van der Waals surface area contributed by atoms with E-state index in [0.717, 1.165) is 16.9 Å². The average Bonchev–Trinajstić information content (AvgIpc) is 2.81. The number of rotatable bonds is 2. The van der Waals surface area contributed by atoms with E-state index in [9.17, 15) is 4.79 Å². The number of carbonyl (C=O) groups is 1. The minimum absolute atomic E-state index is 0.0184. The van der Waals surface area contributed by atoms with Crippen molar-refractivity contribution in [2.24, 2.45) is 0 Å². The number of aromatic nitrogens is 2. The Hall–Kier alpha value is -1.81. The van der Waals surface area contributed by atoms with Crippen molar-refractivity contribution in [3.05, 3.63) is 46.6 Å². The highest BCUT2D eigenvalue weighted by Gasteiger charge is 2.30. The van der Waals surface area contributed by atoms with E-state index in [-0.39, 0.29) is 17.9 Å². The van der Waals surface area contributed by atoms with Gasteiger partial charge in [0.15, 0.2) is 0 Å². The molecule has 1 amide bonds. The van der Waals surface area contributed by atoms with E-state index in [0.29, 0.717) is 11.4 Å². The van der Waals surface area contributed by atoms with Crippen LogP contribution in [0.15, 0.2) is 30.5 Å². The SMILES string of the molecule is CC(C)n1ncc2c1NC(=O)C[C@H]2c1cccc(Cl)c1. The van der Waals surface area contributed by atoms with Gasteiger partial charge < -0.3 is 5.32 Å². The maximum Gasteiger partial charge on any atom is 0.226 e. The minimum Gasteiger partial charge on any atom is -0.311 e. The highest BCUT2D eigenvalue weighted by atomic mass is 35.5. The van der Waals surface area contributed by atoms with Crippen LogP contribution in [0, 0.1) is 0 Å². The van der Waals surface area contributed by atoms with Crippen LogP contribution >= 0.6 is 11.6 Å². The van der Waals surface area contributed by atoms with Gasteiger partial charge in [-0.15, -0.1) is 0 Å². The summed E-state index contributed by atoms with van der Waals surface area (Å²) in [6, 6.07) is 7.88. The van der Waals surface area contributed by atoms with Gasteiger partial charge in [0, 0.05) is 29.0 Å². The maximum atomic E-state index is 12.0. The Labute approximate surface area is 122 Å². The molecule has 0 aliphatic carbocycles. The molecule has 1 N–H and O–H groups in total. The first-order valence-electron chi connectivity index (χ1n) is 6.69. The zero-order valence-electron chi connectivity index (χ0n) is 11.4. The van der Waals surface area contributed by atoms with Gasteiger partial charge in [-0.1, -0.05) is 23.7 Å². The fraction of sp³-hybridized carbons (Fsp3) is 0.333. The van der Waals surface area contributed by atoms with Gasteiger partial charge in [-0.3, -0.25) is 4.79 Å². The molecule has 1 aliphatic heterocycles. The smallest absolute Gasteiger partial charge is 0.226 e. The summed E-state index contributed by atoms with van der Waals surface area (Å²) >= 11 is 6.06. The third kappa shape index (κ3) is 2.20. The molecule has 3 rings (SSSR count). The molecule has 4 nitrogen and oxygen atoms in total. The largest absolute Gasteiger partial charge is 0.311 e. The van der Waals surface area contributed by atoms with Crippen LogP contribution in [0.1, 0.15) is 43.4 Å². The van der Waals surface area contributed by atoms with E-state index in [2.05, 4.69) is 10.4 Å². The number of fused-ring (bicyclic) bond motifs is 1. The zero-order valence-corrected chi connectivity index (χ0v) is 12.2. The van der Waals surface area contributed by atoms with Crippen molar-refractivity contribution < 1.29 is 4.79 Å². The van der Waals surface area contributed by atoms with Crippen LogP contribution in [-0.4, -0.2) is 15.7 Å². The Kier molecular flexibility index (Phi) is 3.26. The topological polar surface area (TPSA) is 46.9 Å².